The minimum absolute atomic E-state index is 0.0423. The molecule has 2 rings (SSSR count). The topological polar surface area (TPSA) is 54.5 Å². The Labute approximate surface area is 122 Å². The number of nitrogens with zero attached hydrogens (tertiary/aromatic N) is 1. The number of benzene rings is 1. The van der Waals surface area contributed by atoms with Crippen LogP contribution in [0.4, 0.5) is 4.39 Å². The Kier molecular flexibility index (Phi) is 4.46. The molecule has 0 aliphatic carbocycles. The zero-order chi connectivity index (χ0) is 14.9. The van der Waals surface area contributed by atoms with Gasteiger partial charge in [-0.2, -0.15) is 4.31 Å². The maximum Gasteiger partial charge on any atom is 0.245 e. The molecule has 1 unspecified atom stereocenters. The Bertz CT molecular complexity index is 633. The zero-order valence-corrected chi connectivity index (χ0v) is 12.5. The fraction of sp³-hybridized carbons (Fsp3) is 0.462. The van der Waals surface area contributed by atoms with Crippen LogP contribution in [0.15, 0.2) is 23.1 Å². The van der Waals surface area contributed by atoms with Gasteiger partial charge in [-0.05, 0) is 38.0 Å². The number of hydrogen-bond acceptors (Lipinski definition) is 3. The predicted molar refractivity (Wildman–Crippen MR) is 73.6 cm³/mol. The summed E-state index contributed by atoms with van der Waals surface area (Å²) in [4.78, 5) is 11.3. The Hall–Kier alpha value is -0.980. The second kappa shape index (κ2) is 5.79. The first-order chi connectivity index (χ1) is 9.34. The molecule has 4 nitrogen and oxygen atoms in total. The molecule has 1 aliphatic rings. The fourth-order valence-electron chi connectivity index (χ4n) is 2.40. The van der Waals surface area contributed by atoms with E-state index in [1.165, 1.54) is 13.0 Å². The predicted octanol–water partition coefficient (Wildman–Crippen LogP) is 2.61. The smallest absolute Gasteiger partial charge is 0.245 e. The van der Waals surface area contributed by atoms with E-state index in [-0.39, 0.29) is 22.2 Å². The lowest BCUT2D eigenvalue weighted by Gasteiger charge is -2.33. The summed E-state index contributed by atoms with van der Waals surface area (Å²) < 4.78 is 39.6. The van der Waals surface area contributed by atoms with Crippen LogP contribution in [0.2, 0.25) is 5.02 Å². The van der Waals surface area contributed by atoms with Gasteiger partial charge in [0.1, 0.15) is 16.5 Å². The standard InChI is InChI=1S/C13H15ClFNO3S/c1-9(17)12-4-2-3-7-16(12)20(18,19)13-8-10(15)5-6-11(13)14/h5-6,8,12H,2-4,7H2,1H3. The van der Waals surface area contributed by atoms with Gasteiger partial charge in [-0.1, -0.05) is 18.0 Å². The number of carbonyl (C=O) groups excluding carboxylic acids is 1. The third-order valence-electron chi connectivity index (χ3n) is 3.40. The number of Topliss-reactive ketones (excluding diaryl/α,β-unsaturated/α-hetero) is 1. The number of halogens is 2. The molecule has 0 aromatic heterocycles. The molecule has 1 atom stereocenters. The number of carbonyl (C=O) groups is 1. The zero-order valence-electron chi connectivity index (χ0n) is 11.0. The first kappa shape index (κ1) is 15.4. The molecule has 20 heavy (non-hydrogen) atoms. The average Bonchev–Trinajstić information content (AvgIpc) is 2.41. The van der Waals surface area contributed by atoms with Gasteiger partial charge < -0.3 is 0 Å². The van der Waals surface area contributed by atoms with Crippen LogP contribution in [-0.4, -0.2) is 31.1 Å². The number of rotatable bonds is 3. The molecule has 1 aliphatic heterocycles. The van der Waals surface area contributed by atoms with E-state index in [0.29, 0.717) is 12.8 Å². The summed E-state index contributed by atoms with van der Waals surface area (Å²) >= 11 is 5.87. The van der Waals surface area contributed by atoms with E-state index in [1.54, 1.807) is 0 Å². The Morgan fingerprint density at radius 3 is 2.75 bits per heavy atom. The van der Waals surface area contributed by atoms with Crippen LogP contribution in [-0.2, 0) is 14.8 Å². The van der Waals surface area contributed by atoms with Crippen LogP contribution in [0.5, 0.6) is 0 Å². The second-order valence-corrected chi connectivity index (χ2v) is 7.08. The summed E-state index contributed by atoms with van der Waals surface area (Å²) in [5, 5.41) is -0.0423. The highest BCUT2D eigenvalue weighted by molar-refractivity contribution is 7.89. The molecule has 1 fully saturated rings. The van der Waals surface area contributed by atoms with E-state index >= 15 is 0 Å². The summed E-state index contributed by atoms with van der Waals surface area (Å²) in [6.45, 7) is 1.62. The average molecular weight is 320 g/mol. The molecule has 0 saturated carbocycles. The molecule has 1 heterocycles. The van der Waals surface area contributed by atoms with Gasteiger partial charge in [0, 0.05) is 6.54 Å². The van der Waals surface area contributed by atoms with Crippen molar-refractivity contribution in [3.8, 4) is 0 Å². The number of ketones is 1. The Morgan fingerprint density at radius 2 is 2.10 bits per heavy atom. The van der Waals surface area contributed by atoms with Crippen molar-refractivity contribution in [2.24, 2.45) is 0 Å². The maximum atomic E-state index is 13.3. The lowest BCUT2D eigenvalue weighted by Crippen LogP contribution is -2.47. The minimum Gasteiger partial charge on any atom is -0.298 e. The third kappa shape index (κ3) is 2.87. The molecule has 1 aromatic carbocycles. The van der Waals surface area contributed by atoms with Crippen molar-refractivity contribution in [3.05, 3.63) is 29.0 Å². The third-order valence-corrected chi connectivity index (χ3v) is 5.79. The van der Waals surface area contributed by atoms with E-state index in [0.717, 1.165) is 22.9 Å². The summed E-state index contributed by atoms with van der Waals surface area (Å²) in [6.07, 6.45) is 1.96. The number of piperidine rings is 1. The van der Waals surface area contributed by atoms with Crippen molar-refractivity contribution in [2.45, 2.75) is 37.1 Å². The first-order valence-electron chi connectivity index (χ1n) is 6.31. The normalized spacial score (nSPS) is 20.9. The minimum atomic E-state index is -3.97. The largest absolute Gasteiger partial charge is 0.298 e. The summed E-state index contributed by atoms with van der Waals surface area (Å²) in [7, 11) is -3.97. The van der Waals surface area contributed by atoms with E-state index in [4.69, 9.17) is 11.6 Å². The maximum absolute atomic E-state index is 13.3. The number of sulfonamides is 1. The summed E-state index contributed by atoms with van der Waals surface area (Å²) in [5.41, 5.74) is 0. The van der Waals surface area contributed by atoms with Crippen molar-refractivity contribution >= 4 is 27.4 Å². The van der Waals surface area contributed by atoms with Crippen molar-refractivity contribution in [1.29, 1.82) is 0 Å². The van der Waals surface area contributed by atoms with Crippen LogP contribution < -0.4 is 0 Å². The molecule has 0 amide bonds. The molecule has 110 valence electrons. The van der Waals surface area contributed by atoms with Crippen LogP contribution in [0.1, 0.15) is 26.2 Å². The first-order valence-corrected chi connectivity index (χ1v) is 8.13. The van der Waals surface area contributed by atoms with Gasteiger partial charge in [0.15, 0.2) is 0 Å². The SMILES string of the molecule is CC(=O)C1CCCCN1S(=O)(=O)c1cc(F)ccc1Cl. The van der Waals surface area contributed by atoms with Crippen molar-refractivity contribution in [1.82, 2.24) is 4.31 Å². The van der Waals surface area contributed by atoms with Crippen LogP contribution in [0, 0.1) is 5.82 Å². The van der Waals surface area contributed by atoms with Gasteiger partial charge >= 0.3 is 0 Å². The van der Waals surface area contributed by atoms with Crippen LogP contribution in [0.3, 0.4) is 0 Å². The molecule has 0 spiro atoms. The van der Waals surface area contributed by atoms with Gasteiger partial charge in [-0.3, -0.25) is 4.79 Å². The van der Waals surface area contributed by atoms with Crippen molar-refractivity contribution in [3.63, 3.8) is 0 Å². The highest BCUT2D eigenvalue weighted by atomic mass is 35.5. The Morgan fingerprint density at radius 1 is 1.40 bits per heavy atom. The van der Waals surface area contributed by atoms with E-state index in [1.807, 2.05) is 0 Å². The lowest BCUT2D eigenvalue weighted by atomic mass is 10.0. The van der Waals surface area contributed by atoms with Crippen molar-refractivity contribution in [2.75, 3.05) is 6.54 Å². The van der Waals surface area contributed by atoms with Gasteiger partial charge in [0.05, 0.1) is 11.1 Å². The van der Waals surface area contributed by atoms with Crippen LogP contribution in [0.25, 0.3) is 0 Å². The van der Waals surface area contributed by atoms with Gasteiger partial charge in [0.25, 0.3) is 0 Å². The quantitative estimate of drug-likeness (QED) is 0.860. The molecule has 1 aromatic rings. The Balaban J connectivity index is 2.47. The van der Waals surface area contributed by atoms with Crippen LogP contribution >= 0.6 is 11.6 Å². The fourth-order valence-corrected chi connectivity index (χ4v) is 4.60. The highest BCUT2D eigenvalue weighted by Crippen LogP contribution is 2.30. The molecular formula is C13H15ClFNO3S. The molecule has 0 bridgehead atoms. The molecule has 0 radical (unpaired) electrons. The molecule has 7 heteroatoms. The second-order valence-electron chi connectivity index (χ2n) is 4.81. The summed E-state index contributed by atoms with van der Waals surface area (Å²) in [6, 6.07) is 2.51. The molecule has 0 N–H and O–H groups in total. The van der Waals surface area contributed by atoms with Crippen molar-refractivity contribution < 1.29 is 17.6 Å². The van der Waals surface area contributed by atoms with E-state index in [2.05, 4.69) is 0 Å². The van der Waals surface area contributed by atoms with E-state index < -0.39 is 21.9 Å². The van der Waals surface area contributed by atoms with Gasteiger partial charge in [-0.15, -0.1) is 0 Å². The monoisotopic (exact) mass is 319 g/mol. The molecular weight excluding hydrogens is 305 g/mol. The lowest BCUT2D eigenvalue weighted by molar-refractivity contribution is -0.121. The number of hydrogen-bond donors (Lipinski definition) is 0. The highest BCUT2D eigenvalue weighted by Gasteiger charge is 2.37. The van der Waals surface area contributed by atoms with Gasteiger partial charge in [-0.25, -0.2) is 12.8 Å². The molecule has 1 saturated heterocycles. The van der Waals surface area contributed by atoms with Gasteiger partial charge in [0.2, 0.25) is 10.0 Å². The summed E-state index contributed by atoms with van der Waals surface area (Å²) in [5.74, 6) is -0.884. The van der Waals surface area contributed by atoms with E-state index in [9.17, 15) is 17.6 Å².